The van der Waals surface area contributed by atoms with Crippen LogP contribution in [0.15, 0.2) is 35.7 Å². The number of amides is 2. The number of carboxylic acids is 2. The van der Waals surface area contributed by atoms with Crippen molar-refractivity contribution < 1.29 is 38.9 Å². The number of aliphatic carboxylic acids is 2. The standard InChI is InChI=1S/C22H21N3O8S/c1-2-12-15(18(27)19(23)28)16-13(33-9-14(26)24-17(21(29)30)22(31)32)10-34-20(16)25(12)8-11-6-4-3-5-7-11/h3-7,10,17H,2,8-9H2,1H3,(H2,23,28)(H,24,26)(H,29,30)(H,31,32). The number of primary amides is 1. The van der Waals surface area contributed by atoms with E-state index in [2.05, 4.69) is 0 Å². The van der Waals surface area contributed by atoms with Crippen LogP contribution in [0.1, 0.15) is 28.5 Å². The van der Waals surface area contributed by atoms with Crippen molar-refractivity contribution in [1.82, 2.24) is 9.88 Å². The fourth-order valence-electron chi connectivity index (χ4n) is 3.51. The van der Waals surface area contributed by atoms with Crippen molar-refractivity contribution in [3.63, 3.8) is 0 Å². The van der Waals surface area contributed by atoms with Gasteiger partial charge in [0.05, 0.1) is 10.9 Å². The normalized spacial score (nSPS) is 10.9. The van der Waals surface area contributed by atoms with Gasteiger partial charge in [0.25, 0.3) is 17.6 Å². The monoisotopic (exact) mass is 487 g/mol. The van der Waals surface area contributed by atoms with Gasteiger partial charge < -0.3 is 30.6 Å². The van der Waals surface area contributed by atoms with E-state index < -0.39 is 42.2 Å². The lowest BCUT2D eigenvalue weighted by Crippen LogP contribution is -2.47. The molecule has 34 heavy (non-hydrogen) atoms. The first-order valence-corrected chi connectivity index (χ1v) is 10.9. The predicted octanol–water partition coefficient (Wildman–Crippen LogP) is 1.01. The van der Waals surface area contributed by atoms with Gasteiger partial charge >= 0.3 is 11.9 Å². The molecule has 0 spiro atoms. The lowest BCUT2D eigenvalue weighted by molar-refractivity contribution is -0.153. The Morgan fingerprint density at radius 1 is 1.12 bits per heavy atom. The molecule has 0 aliphatic carbocycles. The number of thiophene rings is 1. The number of rotatable bonds is 11. The summed E-state index contributed by atoms with van der Waals surface area (Å²) in [6, 6.07) is 7.32. The number of carboxylic acid groups (broad SMARTS) is 2. The molecule has 0 atom stereocenters. The minimum atomic E-state index is -2.13. The number of Topliss-reactive ketones (excluding diaryl/α,β-unsaturated/α-hetero) is 1. The van der Waals surface area contributed by atoms with Gasteiger partial charge in [0.15, 0.2) is 6.61 Å². The van der Waals surface area contributed by atoms with E-state index >= 15 is 0 Å². The molecule has 0 bridgehead atoms. The number of hydrogen-bond donors (Lipinski definition) is 4. The van der Waals surface area contributed by atoms with E-state index in [9.17, 15) is 24.0 Å². The van der Waals surface area contributed by atoms with Crippen LogP contribution in [0.25, 0.3) is 10.2 Å². The van der Waals surface area contributed by atoms with Crippen LogP contribution in [0.3, 0.4) is 0 Å². The summed E-state index contributed by atoms with van der Waals surface area (Å²) in [5.41, 5.74) is 6.89. The first-order valence-electron chi connectivity index (χ1n) is 10.0. The highest BCUT2D eigenvalue weighted by Gasteiger charge is 2.30. The molecule has 12 heteroatoms. The van der Waals surface area contributed by atoms with E-state index in [0.29, 0.717) is 28.9 Å². The Morgan fingerprint density at radius 3 is 2.32 bits per heavy atom. The zero-order chi connectivity index (χ0) is 25.0. The topological polar surface area (TPSA) is 178 Å². The van der Waals surface area contributed by atoms with Crippen LogP contribution in [0.5, 0.6) is 5.75 Å². The Hall–Kier alpha value is -4.19. The average Bonchev–Trinajstić information content (AvgIpc) is 3.33. The highest BCUT2D eigenvalue weighted by atomic mass is 32.1. The molecule has 2 heterocycles. The van der Waals surface area contributed by atoms with E-state index in [1.54, 1.807) is 5.38 Å². The summed E-state index contributed by atoms with van der Waals surface area (Å²) < 4.78 is 7.39. The second-order valence-electron chi connectivity index (χ2n) is 7.19. The van der Waals surface area contributed by atoms with Crippen LogP contribution in [0, 0.1) is 0 Å². The molecule has 0 aliphatic rings. The molecule has 11 nitrogen and oxygen atoms in total. The number of hydrogen-bond acceptors (Lipinski definition) is 7. The Balaban J connectivity index is 1.99. The van der Waals surface area contributed by atoms with E-state index in [1.807, 2.05) is 47.1 Å². The largest absolute Gasteiger partial charge is 0.482 e. The molecule has 2 amide bonds. The number of benzene rings is 1. The molecule has 0 radical (unpaired) electrons. The quantitative estimate of drug-likeness (QED) is 0.176. The number of carbonyl (C=O) groups excluding carboxylic acids is 3. The van der Waals surface area contributed by atoms with Gasteiger partial charge in [-0.15, -0.1) is 11.3 Å². The molecule has 0 fully saturated rings. The van der Waals surface area contributed by atoms with Gasteiger partial charge in [-0.3, -0.25) is 14.4 Å². The zero-order valence-electron chi connectivity index (χ0n) is 17.9. The van der Waals surface area contributed by atoms with Gasteiger partial charge in [0.1, 0.15) is 10.6 Å². The van der Waals surface area contributed by atoms with Gasteiger partial charge in [-0.2, -0.15) is 0 Å². The van der Waals surface area contributed by atoms with Crippen LogP contribution in [-0.2, 0) is 32.1 Å². The summed E-state index contributed by atoms with van der Waals surface area (Å²) in [5, 5.41) is 21.5. The number of nitrogens with zero attached hydrogens (tertiary/aromatic N) is 1. The Labute approximate surface area is 196 Å². The summed E-state index contributed by atoms with van der Waals surface area (Å²) in [6.45, 7) is 1.52. The molecular formula is C22H21N3O8S. The molecule has 178 valence electrons. The van der Waals surface area contributed by atoms with Crippen molar-refractivity contribution in [3.8, 4) is 5.75 Å². The molecule has 0 unspecified atom stereocenters. The highest BCUT2D eigenvalue weighted by molar-refractivity contribution is 7.17. The maximum atomic E-state index is 12.7. The summed E-state index contributed by atoms with van der Waals surface area (Å²) in [4.78, 5) is 59.2. The van der Waals surface area contributed by atoms with Gasteiger partial charge in [-0.05, 0) is 12.0 Å². The summed E-state index contributed by atoms with van der Waals surface area (Å²) >= 11 is 1.23. The third-order valence-corrected chi connectivity index (χ3v) is 5.95. The first kappa shape index (κ1) is 24.5. The van der Waals surface area contributed by atoms with Gasteiger partial charge in [0.2, 0.25) is 6.04 Å². The minimum absolute atomic E-state index is 0.0755. The molecule has 0 saturated heterocycles. The van der Waals surface area contributed by atoms with Gasteiger partial charge in [-0.1, -0.05) is 37.3 Å². The van der Waals surface area contributed by atoms with Crippen LogP contribution in [0.2, 0.25) is 0 Å². The SMILES string of the molecule is CCc1c(C(=O)C(N)=O)c2c(OCC(=O)NC(C(=O)O)C(=O)O)csc2n1Cc1ccccc1. The third-order valence-electron chi connectivity index (χ3n) is 4.97. The second kappa shape index (κ2) is 10.2. The van der Waals surface area contributed by atoms with E-state index in [1.165, 1.54) is 11.3 Å². The third kappa shape index (κ3) is 4.91. The first-order chi connectivity index (χ1) is 16.1. The Kier molecular flexibility index (Phi) is 7.31. The number of aromatic nitrogens is 1. The molecule has 3 rings (SSSR count). The molecule has 3 aromatic rings. The number of nitrogens with two attached hydrogens (primary N) is 1. The number of ketones is 1. The van der Waals surface area contributed by atoms with Gasteiger partial charge in [0, 0.05) is 17.6 Å². The number of nitrogens with one attached hydrogen (secondary N) is 1. The fraction of sp³-hybridized carbons (Fsp3) is 0.227. The molecule has 0 saturated carbocycles. The highest BCUT2D eigenvalue weighted by Crippen LogP contribution is 2.40. The van der Waals surface area contributed by atoms with E-state index in [4.69, 9.17) is 20.7 Å². The van der Waals surface area contributed by atoms with Crippen molar-refractivity contribution in [2.75, 3.05) is 6.61 Å². The summed E-state index contributed by atoms with van der Waals surface area (Å²) in [6.07, 6.45) is 0.404. The lowest BCUT2D eigenvalue weighted by Gasteiger charge is -2.11. The van der Waals surface area contributed by atoms with Crippen molar-refractivity contribution in [1.29, 1.82) is 0 Å². The smallest absolute Gasteiger partial charge is 0.338 e. The average molecular weight is 487 g/mol. The Morgan fingerprint density at radius 2 is 1.76 bits per heavy atom. The van der Waals surface area contributed by atoms with Crippen LogP contribution >= 0.6 is 11.3 Å². The number of fused-ring (bicyclic) bond motifs is 1. The van der Waals surface area contributed by atoms with Gasteiger partial charge in [-0.25, -0.2) is 9.59 Å². The maximum absolute atomic E-state index is 12.7. The molecule has 0 aliphatic heterocycles. The number of ether oxygens (including phenoxy) is 1. The van der Waals surface area contributed by atoms with E-state index in [-0.39, 0.29) is 11.3 Å². The summed E-state index contributed by atoms with van der Waals surface area (Å²) in [7, 11) is 0. The van der Waals surface area contributed by atoms with Crippen LogP contribution in [0.4, 0.5) is 0 Å². The van der Waals surface area contributed by atoms with Crippen molar-refractivity contribution in [2.45, 2.75) is 25.9 Å². The van der Waals surface area contributed by atoms with Crippen molar-refractivity contribution in [2.24, 2.45) is 5.73 Å². The fourth-order valence-corrected chi connectivity index (χ4v) is 4.54. The lowest BCUT2D eigenvalue weighted by atomic mass is 10.1. The van der Waals surface area contributed by atoms with E-state index in [0.717, 1.165) is 5.56 Å². The molecule has 5 N–H and O–H groups in total. The molecule has 1 aromatic carbocycles. The molecular weight excluding hydrogens is 466 g/mol. The van der Waals surface area contributed by atoms with Crippen molar-refractivity contribution >= 4 is 51.1 Å². The second-order valence-corrected chi connectivity index (χ2v) is 8.04. The Bertz CT molecular complexity index is 1260. The predicted molar refractivity (Wildman–Crippen MR) is 121 cm³/mol. The number of carbonyl (C=O) groups is 5. The maximum Gasteiger partial charge on any atom is 0.338 e. The van der Waals surface area contributed by atoms with Crippen LogP contribution in [-0.4, -0.2) is 57.0 Å². The minimum Gasteiger partial charge on any atom is -0.482 e. The zero-order valence-corrected chi connectivity index (χ0v) is 18.8. The van der Waals surface area contributed by atoms with Crippen LogP contribution < -0.4 is 15.8 Å². The van der Waals surface area contributed by atoms with Crippen molar-refractivity contribution in [3.05, 3.63) is 52.5 Å². The molecule has 2 aromatic heterocycles. The summed E-state index contributed by atoms with van der Waals surface area (Å²) in [5.74, 6) is -6.40.